The van der Waals surface area contributed by atoms with Crippen molar-refractivity contribution in [2.24, 2.45) is 0 Å². The molecule has 0 fully saturated rings. The van der Waals surface area contributed by atoms with E-state index in [1.165, 1.54) is 64.2 Å². The summed E-state index contributed by atoms with van der Waals surface area (Å²) in [4.78, 5) is 37.9. The molecule has 0 N–H and O–H groups in total. The molecule has 0 aromatic carbocycles. The van der Waals surface area contributed by atoms with Crippen LogP contribution in [0.4, 0.5) is 0 Å². The average molecular weight is 885 g/mol. The SMILES string of the molecule is CC/C=C\C/C=C\C/C=C\C/C=C\C/C=C\C/C=C\CCC(=O)OCC(COC(=O)CCCC/C=C\C/C=C\C/C=C\CC)OC(=O)CCCCCCCCC/C=C\CCCCCC. The first-order chi connectivity index (χ1) is 31.5. The van der Waals surface area contributed by atoms with Crippen LogP contribution in [0, 0.1) is 0 Å². The maximum atomic E-state index is 12.8. The number of allylic oxidation sites excluding steroid dienone is 20. The average Bonchev–Trinajstić information content (AvgIpc) is 3.29. The monoisotopic (exact) mass is 885 g/mol. The van der Waals surface area contributed by atoms with Gasteiger partial charge in [0, 0.05) is 19.3 Å². The van der Waals surface area contributed by atoms with E-state index in [2.05, 4.69) is 130 Å². The van der Waals surface area contributed by atoms with E-state index in [1.54, 1.807) is 0 Å². The van der Waals surface area contributed by atoms with Crippen molar-refractivity contribution in [3.05, 3.63) is 122 Å². The number of hydrogen-bond donors (Lipinski definition) is 0. The molecule has 0 saturated heterocycles. The first-order valence-corrected chi connectivity index (χ1v) is 25.5. The first kappa shape index (κ1) is 59.8. The Morgan fingerprint density at radius 2 is 0.641 bits per heavy atom. The summed E-state index contributed by atoms with van der Waals surface area (Å²) >= 11 is 0. The largest absolute Gasteiger partial charge is 0.462 e. The highest BCUT2D eigenvalue weighted by Crippen LogP contribution is 2.13. The van der Waals surface area contributed by atoms with Crippen LogP contribution < -0.4 is 0 Å². The highest BCUT2D eigenvalue weighted by Gasteiger charge is 2.19. The summed E-state index contributed by atoms with van der Waals surface area (Å²) in [6.45, 7) is 6.27. The summed E-state index contributed by atoms with van der Waals surface area (Å²) in [6, 6.07) is 0. The molecule has 6 heteroatoms. The molecule has 360 valence electrons. The molecule has 0 bridgehead atoms. The van der Waals surface area contributed by atoms with Gasteiger partial charge in [0.2, 0.25) is 0 Å². The van der Waals surface area contributed by atoms with Crippen molar-refractivity contribution in [2.75, 3.05) is 13.2 Å². The molecule has 0 aromatic heterocycles. The van der Waals surface area contributed by atoms with Gasteiger partial charge in [0.05, 0.1) is 0 Å². The molecule has 0 heterocycles. The van der Waals surface area contributed by atoms with Crippen molar-refractivity contribution in [3.63, 3.8) is 0 Å². The third-order valence-electron chi connectivity index (χ3n) is 10.2. The summed E-state index contributed by atoms with van der Waals surface area (Å²) in [5.74, 6) is -1.06. The first-order valence-electron chi connectivity index (χ1n) is 25.5. The second-order valence-electron chi connectivity index (χ2n) is 16.3. The molecular formula is C58H92O6. The van der Waals surface area contributed by atoms with Crippen LogP contribution in [-0.4, -0.2) is 37.2 Å². The zero-order valence-corrected chi connectivity index (χ0v) is 41.0. The van der Waals surface area contributed by atoms with Crippen molar-refractivity contribution in [3.8, 4) is 0 Å². The highest BCUT2D eigenvalue weighted by atomic mass is 16.6. The van der Waals surface area contributed by atoms with Gasteiger partial charge in [0.15, 0.2) is 6.10 Å². The molecule has 0 saturated carbocycles. The number of ether oxygens (including phenoxy) is 3. The van der Waals surface area contributed by atoms with Crippen LogP contribution in [0.25, 0.3) is 0 Å². The lowest BCUT2D eigenvalue weighted by molar-refractivity contribution is -0.166. The van der Waals surface area contributed by atoms with E-state index in [9.17, 15) is 14.4 Å². The van der Waals surface area contributed by atoms with E-state index in [0.717, 1.165) is 89.9 Å². The molecular weight excluding hydrogens is 793 g/mol. The minimum absolute atomic E-state index is 0.126. The van der Waals surface area contributed by atoms with Gasteiger partial charge in [-0.25, -0.2) is 0 Å². The fourth-order valence-corrected chi connectivity index (χ4v) is 6.42. The van der Waals surface area contributed by atoms with Crippen LogP contribution in [0.5, 0.6) is 0 Å². The van der Waals surface area contributed by atoms with Gasteiger partial charge in [0.1, 0.15) is 13.2 Å². The Kier molecular flexibility index (Phi) is 48.1. The van der Waals surface area contributed by atoms with Crippen LogP contribution in [0.1, 0.15) is 207 Å². The van der Waals surface area contributed by atoms with Crippen LogP contribution in [0.15, 0.2) is 122 Å². The Bertz CT molecular complexity index is 1390. The van der Waals surface area contributed by atoms with Gasteiger partial charge in [-0.15, -0.1) is 0 Å². The predicted molar refractivity (Wildman–Crippen MR) is 274 cm³/mol. The van der Waals surface area contributed by atoms with E-state index in [4.69, 9.17) is 14.2 Å². The molecule has 0 rings (SSSR count). The number of hydrogen-bond acceptors (Lipinski definition) is 6. The lowest BCUT2D eigenvalue weighted by atomic mass is 10.1. The molecule has 0 aromatic rings. The van der Waals surface area contributed by atoms with E-state index in [-0.39, 0.29) is 37.5 Å². The summed E-state index contributed by atoms with van der Waals surface area (Å²) < 4.78 is 16.7. The third kappa shape index (κ3) is 48.8. The fourth-order valence-electron chi connectivity index (χ4n) is 6.42. The van der Waals surface area contributed by atoms with Crippen LogP contribution in [0.3, 0.4) is 0 Å². The highest BCUT2D eigenvalue weighted by molar-refractivity contribution is 5.71. The Hall–Kier alpha value is -4.19. The van der Waals surface area contributed by atoms with E-state index >= 15 is 0 Å². The molecule has 0 aliphatic heterocycles. The lowest BCUT2D eigenvalue weighted by Gasteiger charge is -2.18. The number of carbonyl (C=O) groups excluding carboxylic acids is 3. The maximum Gasteiger partial charge on any atom is 0.306 e. The number of esters is 3. The van der Waals surface area contributed by atoms with Gasteiger partial charge in [-0.05, 0) is 116 Å². The van der Waals surface area contributed by atoms with Crippen molar-refractivity contribution >= 4 is 17.9 Å². The van der Waals surface area contributed by atoms with Crippen molar-refractivity contribution in [1.29, 1.82) is 0 Å². The molecule has 0 amide bonds. The Morgan fingerprint density at radius 1 is 0.328 bits per heavy atom. The normalized spacial score (nSPS) is 13.1. The van der Waals surface area contributed by atoms with E-state index in [0.29, 0.717) is 25.7 Å². The Morgan fingerprint density at radius 3 is 1.09 bits per heavy atom. The second kappa shape index (κ2) is 51.4. The quantitative estimate of drug-likeness (QED) is 0.0262. The summed E-state index contributed by atoms with van der Waals surface area (Å²) in [7, 11) is 0. The Balaban J connectivity index is 4.56. The lowest BCUT2D eigenvalue weighted by Crippen LogP contribution is -2.30. The van der Waals surface area contributed by atoms with Gasteiger partial charge < -0.3 is 14.2 Å². The zero-order chi connectivity index (χ0) is 46.5. The predicted octanol–water partition coefficient (Wildman–Crippen LogP) is 16.9. The fraction of sp³-hybridized carbons (Fsp3) is 0.603. The van der Waals surface area contributed by atoms with Gasteiger partial charge in [-0.1, -0.05) is 194 Å². The topological polar surface area (TPSA) is 78.9 Å². The van der Waals surface area contributed by atoms with Crippen molar-refractivity contribution < 1.29 is 28.6 Å². The van der Waals surface area contributed by atoms with Crippen molar-refractivity contribution in [2.45, 2.75) is 213 Å². The smallest absolute Gasteiger partial charge is 0.306 e. The molecule has 0 aliphatic carbocycles. The summed E-state index contributed by atoms with van der Waals surface area (Å²) in [6.07, 6.45) is 70.5. The van der Waals surface area contributed by atoms with Crippen LogP contribution >= 0.6 is 0 Å². The van der Waals surface area contributed by atoms with Gasteiger partial charge in [0.25, 0.3) is 0 Å². The molecule has 1 unspecified atom stereocenters. The number of carbonyl (C=O) groups is 3. The standard InChI is InChI=1S/C58H92O6/c1-4-7-10-13-16-19-22-25-27-28-29-30-32-33-36-39-42-45-48-51-57(60)63-54-55(53-62-56(59)50-47-44-41-38-35-24-21-18-15-12-9-6-3)64-58(61)52-49-46-43-40-37-34-31-26-23-20-17-14-11-8-5-2/h7,9-10,12,16,18-21,23,25,27,29-30,33,35-36,38,42,45,55H,4-6,8,11,13-15,17,22,24,26,28,31-32,34,37,39-41,43-44,46-54H2,1-3H3/b10-7-,12-9-,19-16-,21-18-,23-20-,27-25-,30-29-,36-33-,38-35-,45-42-. The third-order valence-corrected chi connectivity index (χ3v) is 10.2. The van der Waals surface area contributed by atoms with Crippen LogP contribution in [0.2, 0.25) is 0 Å². The minimum atomic E-state index is -0.829. The Labute approximate surface area is 392 Å². The molecule has 0 aliphatic rings. The zero-order valence-electron chi connectivity index (χ0n) is 41.0. The van der Waals surface area contributed by atoms with E-state index < -0.39 is 6.10 Å². The number of rotatable bonds is 44. The van der Waals surface area contributed by atoms with Gasteiger partial charge in [-0.2, -0.15) is 0 Å². The maximum absolute atomic E-state index is 12.8. The summed E-state index contributed by atoms with van der Waals surface area (Å²) in [5.41, 5.74) is 0. The summed E-state index contributed by atoms with van der Waals surface area (Å²) in [5, 5.41) is 0. The second-order valence-corrected chi connectivity index (χ2v) is 16.3. The number of unbranched alkanes of at least 4 members (excludes halogenated alkanes) is 13. The molecule has 64 heavy (non-hydrogen) atoms. The minimum Gasteiger partial charge on any atom is -0.462 e. The van der Waals surface area contributed by atoms with Crippen molar-refractivity contribution in [1.82, 2.24) is 0 Å². The molecule has 0 radical (unpaired) electrons. The van der Waals surface area contributed by atoms with Gasteiger partial charge >= 0.3 is 17.9 Å². The molecule has 1 atom stereocenters. The van der Waals surface area contributed by atoms with E-state index in [1.807, 2.05) is 12.2 Å². The molecule has 6 nitrogen and oxygen atoms in total. The molecule has 0 spiro atoms. The van der Waals surface area contributed by atoms with Crippen LogP contribution in [-0.2, 0) is 28.6 Å². The van der Waals surface area contributed by atoms with Gasteiger partial charge in [-0.3, -0.25) is 14.4 Å².